The van der Waals surface area contributed by atoms with E-state index in [9.17, 15) is 0 Å². The van der Waals surface area contributed by atoms with Crippen molar-refractivity contribution in [3.8, 4) is 0 Å². The Hall–Kier alpha value is -0.300. The summed E-state index contributed by atoms with van der Waals surface area (Å²) in [5.41, 5.74) is 0. The second-order valence-electron chi connectivity index (χ2n) is 5.67. The summed E-state index contributed by atoms with van der Waals surface area (Å²) in [6, 6.07) is 0. The van der Waals surface area contributed by atoms with Crippen LogP contribution in [0.3, 0.4) is 0 Å². The lowest BCUT2D eigenvalue weighted by molar-refractivity contribution is 0.536. The van der Waals surface area contributed by atoms with Gasteiger partial charge < -0.3 is 0 Å². The standard InChI is InChI=1S/C18H36.HO/c1-3-5-7-9-11-13-15-17-18-16-14-12-10-8-6-4-2;/h3H,1,4-18H2,2H3;1H. The maximum Gasteiger partial charge on any atom is -0.0353 e. The molecule has 1 N–H and O–H groups in total. The van der Waals surface area contributed by atoms with Crippen molar-refractivity contribution in [3.05, 3.63) is 12.7 Å². The van der Waals surface area contributed by atoms with Gasteiger partial charge in [0.05, 0.1) is 0 Å². The largest absolute Gasteiger partial charge is 0.255 e. The van der Waals surface area contributed by atoms with Crippen LogP contribution in [0.15, 0.2) is 12.7 Å². The van der Waals surface area contributed by atoms with Crippen LogP contribution < -0.4 is 0 Å². The van der Waals surface area contributed by atoms with Gasteiger partial charge in [-0.1, -0.05) is 96.5 Å². The molecule has 1 radical (unpaired) electrons. The molecule has 0 aromatic rings. The molecule has 0 aliphatic carbocycles. The summed E-state index contributed by atoms with van der Waals surface area (Å²) >= 11 is 0. The van der Waals surface area contributed by atoms with E-state index in [0.29, 0.717) is 0 Å². The minimum atomic E-state index is 0. The zero-order valence-corrected chi connectivity index (χ0v) is 13.3. The fourth-order valence-electron chi connectivity index (χ4n) is 2.48. The highest BCUT2D eigenvalue weighted by Gasteiger charge is 1.93. The van der Waals surface area contributed by atoms with Crippen LogP contribution in [0.5, 0.6) is 0 Å². The predicted octanol–water partition coefficient (Wildman–Crippen LogP) is 6.87. The van der Waals surface area contributed by atoms with Crippen molar-refractivity contribution < 1.29 is 5.48 Å². The molecule has 1 heteroatoms. The molecule has 0 atom stereocenters. The Morgan fingerprint density at radius 2 is 0.895 bits per heavy atom. The van der Waals surface area contributed by atoms with Crippen LogP contribution in [0.1, 0.15) is 103 Å². The highest BCUT2D eigenvalue weighted by Crippen LogP contribution is 2.13. The lowest BCUT2D eigenvalue weighted by Crippen LogP contribution is -1.83. The Morgan fingerprint density at radius 1 is 0.579 bits per heavy atom. The number of allylic oxidation sites excluding steroid dienone is 1. The molecule has 1 nitrogen and oxygen atoms in total. The van der Waals surface area contributed by atoms with E-state index in [0.717, 1.165) is 0 Å². The second kappa shape index (κ2) is 20.0. The molecule has 0 rings (SSSR count). The molecule has 0 bridgehead atoms. The summed E-state index contributed by atoms with van der Waals surface area (Å²) in [5.74, 6) is 0. The molecular weight excluding hydrogens is 232 g/mol. The Balaban J connectivity index is 0. The normalized spacial score (nSPS) is 10.2. The third-order valence-electron chi connectivity index (χ3n) is 3.76. The molecular formula is C18H37O. The fraction of sp³-hybridized carbons (Fsp3) is 0.889. The topological polar surface area (TPSA) is 30.0 Å². The maximum absolute atomic E-state index is 3.76. The second-order valence-corrected chi connectivity index (χ2v) is 5.67. The first-order valence-electron chi connectivity index (χ1n) is 8.52. The van der Waals surface area contributed by atoms with Crippen molar-refractivity contribution in [2.75, 3.05) is 0 Å². The smallest absolute Gasteiger partial charge is 0.0353 e. The van der Waals surface area contributed by atoms with Crippen molar-refractivity contribution in [1.29, 1.82) is 0 Å². The van der Waals surface area contributed by atoms with Crippen LogP contribution in [0, 0.1) is 0 Å². The van der Waals surface area contributed by atoms with Crippen LogP contribution in [0.2, 0.25) is 0 Å². The van der Waals surface area contributed by atoms with E-state index in [2.05, 4.69) is 13.5 Å². The minimum absolute atomic E-state index is 0. The summed E-state index contributed by atoms with van der Waals surface area (Å²) in [5, 5.41) is 0. The van der Waals surface area contributed by atoms with Gasteiger partial charge in [-0.15, -0.1) is 6.58 Å². The third-order valence-corrected chi connectivity index (χ3v) is 3.76. The third kappa shape index (κ3) is 20.2. The summed E-state index contributed by atoms with van der Waals surface area (Å²) in [7, 11) is 0. The molecule has 115 valence electrons. The molecule has 0 heterocycles. The molecule has 0 spiro atoms. The SMILES string of the molecule is C=CCCCCCCCCCCCCCCCC.[OH]. The fourth-order valence-corrected chi connectivity index (χ4v) is 2.48. The van der Waals surface area contributed by atoms with Crippen molar-refractivity contribution >= 4 is 0 Å². The lowest BCUT2D eigenvalue weighted by atomic mass is 10.0. The van der Waals surface area contributed by atoms with Crippen molar-refractivity contribution in [2.24, 2.45) is 0 Å². The Morgan fingerprint density at radius 3 is 1.21 bits per heavy atom. The molecule has 0 aliphatic heterocycles. The summed E-state index contributed by atoms with van der Waals surface area (Å²) < 4.78 is 0. The van der Waals surface area contributed by atoms with Gasteiger partial charge in [0.1, 0.15) is 0 Å². The van der Waals surface area contributed by atoms with Crippen molar-refractivity contribution in [2.45, 2.75) is 103 Å². The van der Waals surface area contributed by atoms with Gasteiger partial charge in [0.15, 0.2) is 0 Å². The van der Waals surface area contributed by atoms with Crippen LogP contribution >= 0.6 is 0 Å². The van der Waals surface area contributed by atoms with Gasteiger partial charge >= 0.3 is 0 Å². The summed E-state index contributed by atoms with van der Waals surface area (Å²) in [6.45, 7) is 6.05. The van der Waals surface area contributed by atoms with E-state index in [1.165, 1.54) is 96.3 Å². The Kier molecular flexibility index (Phi) is 22.1. The lowest BCUT2D eigenvalue weighted by Gasteiger charge is -2.02. The van der Waals surface area contributed by atoms with E-state index in [4.69, 9.17) is 0 Å². The first-order chi connectivity index (χ1) is 8.91. The van der Waals surface area contributed by atoms with E-state index < -0.39 is 0 Å². The molecule has 0 aliphatic rings. The van der Waals surface area contributed by atoms with Gasteiger partial charge in [0.2, 0.25) is 0 Å². The minimum Gasteiger partial charge on any atom is -0.255 e. The van der Waals surface area contributed by atoms with Gasteiger partial charge in [0, 0.05) is 0 Å². The number of hydrogen-bond donors (Lipinski definition) is 1. The molecule has 0 aromatic heterocycles. The average molecular weight is 269 g/mol. The predicted molar refractivity (Wildman–Crippen MR) is 87.1 cm³/mol. The van der Waals surface area contributed by atoms with E-state index in [1.54, 1.807) is 0 Å². The maximum atomic E-state index is 3.76. The van der Waals surface area contributed by atoms with Gasteiger partial charge in [0.25, 0.3) is 0 Å². The molecule has 0 fully saturated rings. The van der Waals surface area contributed by atoms with Gasteiger partial charge in [-0.2, -0.15) is 0 Å². The van der Waals surface area contributed by atoms with Crippen LogP contribution in [-0.4, -0.2) is 5.48 Å². The molecule has 19 heavy (non-hydrogen) atoms. The molecule has 0 saturated heterocycles. The zero-order valence-electron chi connectivity index (χ0n) is 13.3. The molecule has 0 amide bonds. The van der Waals surface area contributed by atoms with Crippen LogP contribution in [0.25, 0.3) is 0 Å². The monoisotopic (exact) mass is 269 g/mol. The highest BCUT2D eigenvalue weighted by atomic mass is 16.0. The zero-order chi connectivity index (χ0) is 13.3. The van der Waals surface area contributed by atoms with Crippen molar-refractivity contribution in [3.63, 3.8) is 0 Å². The average Bonchev–Trinajstić information content (AvgIpc) is 2.39. The van der Waals surface area contributed by atoms with E-state index in [-0.39, 0.29) is 5.48 Å². The summed E-state index contributed by atoms with van der Waals surface area (Å²) in [6.07, 6.45) is 23.5. The first kappa shape index (κ1) is 21.0. The van der Waals surface area contributed by atoms with Crippen LogP contribution in [-0.2, 0) is 0 Å². The number of hydrogen-bond acceptors (Lipinski definition) is 0. The molecule has 0 unspecified atom stereocenters. The Bertz CT molecular complexity index is 154. The summed E-state index contributed by atoms with van der Waals surface area (Å²) in [4.78, 5) is 0. The highest BCUT2D eigenvalue weighted by molar-refractivity contribution is 4.65. The van der Waals surface area contributed by atoms with E-state index in [1.807, 2.05) is 6.08 Å². The Labute approximate surface area is 122 Å². The number of rotatable bonds is 15. The van der Waals surface area contributed by atoms with Gasteiger partial charge in [-0.3, -0.25) is 5.48 Å². The quantitative estimate of drug-likeness (QED) is 0.248. The number of unbranched alkanes of at least 4 members (excludes halogenated alkanes) is 14. The van der Waals surface area contributed by atoms with Crippen molar-refractivity contribution in [1.82, 2.24) is 0 Å². The van der Waals surface area contributed by atoms with Crippen LogP contribution in [0.4, 0.5) is 0 Å². The van der Waals surface area contributed by atoms with Gasteiger partial charge in [-0.05, 0) is 12.8 Å². The van der Waals surface area contributed by atoms with Gasteiger partial charge in [-0.25, -0.2) is 0 Å². The van der Waals surface area contributed by atoms with E-state index >= 15 is 0 Å². The molecule has 0 aromatic carbocycles. The first-order valence-corrected chi connectivity index (χ1v) is 8.52. The molecule has 0 saturated carbocycles.